The van der Waals surface area contributed by atoms with Gasteiger partial charge in [0.1, 0.15) is 0 Å². The van der Waals surface area contributed by atoms with Gasteiger partial charge in [0.25, 0.3) is 0 Å². The first kappa shape index (κ1) is 18.6. The Kier molecular flexibility index (Phi) is 5.68. The number of benzene rings is 1. The number of carbonyl (C=O) groups excluding carboxylic acids is 1. The fraction of sp³-hybridized carbons (Fsp3) is 0.588. The summed E-state index contributed by atoms with van der Waals surface area (Å²) < 4.78 is 31.7. The molecule has 1 heterocycles. The zero-order valence-electron chi connectivity index (χ0n) is 14.2. The summed E-state index contributed by atoms with van der Waals surface area (Å²) in [6.45, 7) is 2.02. The molecule has 0 spiro atoms. The zero-order valence-corrected chi connectivity index (χ0v) is 15.8. The van der Waals surface area contributed by atoms with Gasteiger partial charge in [-0.15, -0.1) is 0 Å². The zero-order chi connectivity index (χ0) is 18.0. The molecule has 1 aromatic rings. The molecule has 25 heavy (non-hydrogen) atoms. The number of sulfonamides is 1. The van der Waals surface area contributed by atoms with E-state index in [-0.39, 0.29) is 15.5 Å². The second kappa shape index (κ2) is 7.61. The first-order valence-corrected chi connectivity index (χ1v) is 10.3. The molecule has 2 fully saturated rings. The molecule has 0 aromatic heterocycles. The number of ether oxygens (including phenoxy) is 1. The van der Waals surface area contributed by atoms with E-state index in [1.807, 2.05) is 0 Å². The average Bonchev–Trinajstić information content (AvgIpc) is 3.44. The Balaban J connectivity index is 1.65. The van der Waals surface area contributed by atoms with Gasteiger partial charge in [0.2, 0.25) is 10.0 Å². The Morgan fingerprint density at radius 1 is 1.28 bits per heavy atom. The standard InChI is InChI=1S/C17H23ClN2O4S/c1-24-17(21)15-5-4-14(10-16(15)18)25(22,23)20-8-6-13(7-9-20)19-11-12-2-3-12/h4-5,10,12-13,19H,2-3,6-9,11H2,1H3. The largest absolute Gasteiger partial charge is 0.465 e. The topological polar surface area (TPSA) is 75.7 Å². The van der Waals surface area contributed by atoms with E-state index in [0.717, 1.165) is 25.3 Å². The minimum absolute atomic E-state index is 0.0777. The Morgan fingerprint density at radius 2 is 1.96 bits per heavy atom. The fourth-order valence-electron chi connectivity index (χ4n) is 3.04. The van der Waals surface area contributed by atoms with Crippen molar-refractivity contribution in [3.8, 4) is 0 Å². The highest BCUT2D eigenvalue weighted by molar-refractivity contribution is 7.89. The highest BCUT2D eigenvalue weighted by Crippen LogP contribution is 2.29. The summed E-state index contributed by atoms with van der Waals surface area (Å²) in [6, 6.07) is 4.51. The molecule has 0 amide bonds. The summed E-state index contributed by atoms with van der Waals surface area (Å²) in [4.78, 5) is 11.7. The molecule has 0 bridgehead atoms. The second-order valence-corrected chi connectivity index (χ2v) is 9.01. The SMILES string of the molecule is COC(=O)c1ccc(S(=O)(=O)N2CCC(NCC3CC3)CC2)cc1Cl. The number of methoxy groups -OCH3 is 1. The number of nitrogens with one attached hydrogen (secondary N) is 1. The van der Waals surface area contributed by atoms with Gasteiger partial charge in [-0.3, -0.25) is 0 Å². The second-order valence-electron chi connectivity index (χ2n) is 6.66. The number of nitrogens with zero attached hydrogens (tertiary/aromatic N) is 1. The summed E-state index contributed by atoms with van der Waals surface area (Å²) in [5.74, 6) is 0.230. The summed E-state index contributed by atoms with van der Waals surface area (Å²) in [5, 5.41) is 3.61. The number of rotatable bonds is 6. The first-order valence-electron chi connectivity index (χ1n) is 8.53. The van der Waals surface area contributed by atoms with Gasteiger partial charge in [0, 0.05) is 19.1 Å². The third-order valence-electron chi connectivity index (χ3n) is 4.83. The van der Waals surface area contributed by atoms with Gasteiger partial charge in [-0.2, -0.15) is 4.31 Å². The van der Waals surface area contributed by atoms with Crippen molar-refractivity contribution >= 4 is 27.6 Å². The number of esters is 1. The van der Waals surface area contributed by atoms with Crippen LogP contribution in [0.4, 0.5) is 0 Å². The normalized spacial score (nSPS) is 19.8. The van der Waals surface area contributed by atoms with Gasteiger partial charge in [-0.05, 0) is 56.3 Å². The van der Waals surface area contributed by atoms with Crippen LogP contribution in [0.3, 0.4) is 0 Å². The number of carbonyl (C=O) groups is 1. The molecular weight excluding hydrogens is 364 g/mol. The van der Waals surface area contributed by atoms with Crippen LogP contribution in [0, 0.1) is 5.92 Å². The predicted octanol–water partition coefficient (Wildman–Crippen LogP) is 2.28. The van der Waals surface area contributed by atoms with Gasteiger partial charge in [0.05, 0.1) is 22.6 Å². The van der Waals surface area contributed by atoms with Crippen LogP contribution in [0.2, 0.25) is 5.02 Å². The van der Waals surface area contributed by atoms with Crippen LogP contribution in [0.1, 0.15) is 36.0 Å². The lowest BCUT2D eigenvalue weighted by Crippen LogP contribution is -2.45. The average molecular weight is 387 g/mol. The number of halogens is 1. The van der Waals surface area contributed by atoms with Gasteiger partial charge in [0.15, 0.2) is 0 Å². The van der Waals surface area contributed by atoms with Crippen LogP contribution >= 0.6 is 11.6 Å². The Morgan fingerprint density at radius 3 is 2.52 bits per heavy atom. The molecule has 8 heteroatoms. The molecule has 1 saturated heterocycles. The van der Waals surface area contributed by atoms with Gasteiger partial charge >= 0.3 is 5.97 Å². The lowest BCUT2D eigenvalue weighted by molar-refractivity contribution is 0.0601. The van der Waals surface area contributed by atoms with Crippen LogP contribution in [0.25, 0.3) is 0 Å². The summed E-state index contributed by atoms with van der Waals surface area (Å²) >= 11 is 6.05. The molecule has 1 aromatic carbocycles. The van der Waals surface area contributed by atoms with Crippen LogP contribution in [0.5, 0.6) is 0 Å². The van der Waals surface area contributed by atoms with E-state index < -0.39 is 16.0 Å². The van der Waals surface area contributed by atoms with Crippen LogP contribution in [0.15, 0.2) is 23.1 Å². The molecule has 1 aliphatic carbocycles. The highest BCUT2D eigenvalue weighted by atomic mass is 35.5. The molecule has 0 unspecified atom stereocenters. The van der Waals surface area contributed by atoms with Crippen molar-refractivity contribution in [3.05, 3.63) is 28.8 Å². The minimum Gasteiger partial charge on any atom is -0.465 e. The monoisotopic (exact) mass is 386 g/mol. The van der Waals surface area contributed by atoms with E-state index in [9.17, 15) is 13.2 Å². The van der Waals surface area contributed by atoms with Crippen LogP contribution in [-0.4, -0.2) is 51.5 Å². The van der Waals surface area contributed by atoms with E-state index in [0.29, 0.717) is 19.1 Å². The lowest BCUT2D eigenvalue weighted by atomic mass is 10.1. The smallest absolute Gasteiger partial charge is 0.339 e. The molecule has 1 aliphatic heterocycles. The third-order valence-corrected chi connectivity index (χ3v) is 7.04. The van der Waals surface area contributed by atoms with Crippen molar-refractivity contribution < 1.29 is 17.9 Å². The molecule has 138 valence electrons. The Hall–Kier alpha value is -1.15. The Labute approximate surface area is 153 Å². The van der Waals surface area contributed by atoms with Crippen molar-refractivity contribution in [2.24, 2.45) is 5.92 Å². The van der Waals surface area contributed by atoms with Gasteiger partial charge in [-0.25, -0.2) is 13.2 Å². The summed E-state index contributed by atoms with van der Waals surface area (Å²) in [6.07, 6.45) is 4.23. The quantitative estimate of drug-likeness (QED) is 0.759. The van der Waals surface area contributed by atoms with Crippen molar-refractivity contribution in [2.75, 3.05) is 26.7 Å². The third kappa shape index (κ3) is 4.34. The predicted molar refractivity (Wildman–Crippen MR) is 95.3 cm³/mol. The molecular formula is C17H23ClN2O4S. The molecule has 0 atom stereocenters. The van der Waals surface area contributed by atoms with E-state index in [1.54, 1.807) is 0 Å². The number of piperidine rings is 1. The van der Waals surface area contributed by atoms with Gasteiger partial charge < -0.3 is 10.1 Å². The molecule has 1 saturated carbocycles. The minimum atomic E-state index is -3.61. The Bertz CT molecular complexity index is 741. The molecule has 1 N–H and O–H groups in total. The molecule has 3 rings (SSSR count). The first-order chi connectivity index (χ1) is 11.9. The van der Waals surface area contributed by atoms with Crippen LogP contribution < -0.4 is 5.32 Å². The van der Waals surface area contributed by atoms with Gasteiger partial charge in [-0.1, -0.05) is 11.6 Å². The highest BCUT2D eigenvalue weighted by Gasteiger charge is 2.31. The molecule has 2 aliphatic rings. The van der Waals surface area contributed by atoms with E-state index >= 15 is 0 Å². The molecule has 0 radical (unpaired) electrons. The lowest BCUT2D eigenvalue weighted by Gasteiger charge is -2.31. The molecule has 6 nitrogen and oxygen atoms in total. The van der Waals surface area contributed by atoms with Crippen molar-refractivity contribution in [1.29, 1.82) is 0 Å². The van der Waals surface area contributed by atoms with Crippen molar-refractivity contribution in [1.82, 2.24) is 9.62 Å². The fourth-order valence-corrected chi connectivity index (χ4v) is 4.86. The van der Waals surface area contributed by atoms with Crippen molar-refractivity contribution in [2.45, 2.75) is 36.6 Å². The summed E-state index contributed by atoms with van der Waals surface area (Å²) in [7, 11) is -2.35. The van der Waals surface area contributed by atoms with E-state index in [4.69, 9.17) is 11.6 Å². The van der Waals surface area contributed by atoms with E-state index in [2.05, 4.69) is 10.1 Å². The number of hydrogen-bond donors (Lipinski definition) is 1. The maximum Gasteiger partial charge on any atom is 0.339 e. The van der Waals surface area contributed by atoms with E-state index in [1.165, 1.54) is 42.5 Å². The maximum absolute atomic E-state index is 12.8. The maximum atomic E-state index is 12.8. The van der Waals surface area contributed by atoms with Crippen LogP contribution in [-0.2, 0) is 14.8 Å². The number of hydrogen-bond acceptors (Lipinski definition) is 5. The summed E-state index contributed by atoms with van der Waals surface area (Å²) in [5.41, 5.74) is 0.158. The van der Waals surface area contributed by atoms with Crippen molar-refractivity contribution in [3.63, 3.8) is 0 Å².